The van der Waals surface area contributed by atoms with Crippen molar-refractivity contribution in [1.29, 1.82) is 0 Å². The van der Waals surface area contributed by atoms with Crippen LogP contribution in [0, 0.1) is 25.9 Å². The van der Waals surface area contributed by atoms with Gasteiger partial charge in [0.2, 0.25) is 0 Å². The molecule has 1 radical (unpaired) electrons. The van der Waals surface area contributed by atoms with E-state index in [0.29, 0.717) is 0 Å². The zero-order valence-corrected chi connectivity index (χ0v) is 29.4. The zero-order valence-electron chi connectivity index (χ0n) is 30.0. The quantitative estimate of drug-likeness (QED) is 0.166. The predicted molar refractivity (Wildman–Crippen MR) is 200 cm³/mol. The van der Waals surface area contributed by atoms with Crippen LogP contribution in [0.4, 0.5) is 0 Å². The van der Waals surface area contributed by atoms with Crippen molar-refractivity contribution in [2.75, 3.05) is 0 Å². The second-order valence-electron chi connectivity index (χ2n) is 11.8. The van der Waals surface area contributed by atoms with Gasteiger partial charge in [-0.1, -0.05) is 77.7 Å². The Hall–Kier alpha value is -5.74. The summed E-state index contributed by atoms with van der Waals surface area (Å²) >= 11 is 0. The summed E-state index contributed by atoms with van der Waals surface area (Å²) in [6, 6.07) is 48.5. The topological polar surface area (TPSA) is 51.8 Å². The molecule has 50 heavy (non-hydrogen) atoms. The fourth-order valence-electron chi connectivity index (χ4n) is 6.21. The van der Waals surface area contributed by atoms with E-state index in [1.807, 2.05) is 73.2 Å². The molecule has 9 aromatic rings. The molecule has 0 unspecified atom stereocenters. The van der Waals surface area contributed by atoms with Gasteiger partial charge in [0.15, 0.2) is 0 Å². The summed E-state index contributed by atoms with van der Waals surface area (Å²) in [7, 11) is 0. The van der Waals surface area contributed by atoms with E-state index in [9.17, 15) is 0 Å². The van der Waals surface area contributed by atoms with Crippen molar-refractivity contribution in [3.8, 4) is 44.8 Å². The molecule has 0 aliphatic heterocycles. The Morgan fingerprint density at radius 1 is 0.600 bits per heavy atom. The molecule has 0 spiro atoms. The Labute approximate surface area is 309 Å². The van der Waals surface area contributed by atoms with E-state index in [1.54, 1.807) is 18.2 Å². The fraction of sp³-hybridized carbons (Fsp3) is 0.0444. The van der Waals surface area contributed by atoms with E-state index in [4.69, 9.17) is 13.5 Å². The van der Waals surface area contributed by atoms with Crippen LogP contribution in [-0.4, -0.2) is 15.0 Å². The van der Waals surface area contributed by atoms with Crippen molar-refractivity contribution in [3.05, 3.63) is 175 Å². The molecular weight excluding hydrogens is 791 g/mol. The van der Waals surface area contributed by atoms with Crippen molar-refractivity contribution >= 4 is 32.7 Å². The average Bonchev–Trinajstić information content (AvgIpc) is 3.57. The molecule has 243 valence electrons. The minimum atomic E-state index is -2.09. The van der Waals surface area contributed by atoms with Crippen LogP contribution in [0.5, 0.6) is 0 Å². The summed E-state index contributed by atoms with van der Waals surface area (Å²) in [6.45, 7) is 0.0396. The number of hydrogen-bond donors (Lipinski definition) is 0. The van der Waals surface area contributed by atoms with E-state index < -0.39 is 6.85 Å². The van der Waals surface area contributed by atoms with Gasteiger partial charge in [-0.25, -0.2) is 0 Å². The monoisotopic (exact) mass is 825 g/mol. The van der Waals surface area contributed by atoms with Crippen LogP contribution >= 0.6 is 0 Å². The fourth-order valence-corrected chi connectivity index (χ4v) is 6.21. The summed E-state index contributed by atoms with van der Waals surface area (Å²) < 4.78 is 28.4. The SMILES string of the molecule is Cc1cc(-c2cccc3ccncc23)c2oc3c(-c4cc(-c5ccccc5)ccn4)[c-]ccc3c2c1.[2H]C([2H])([2H])c1ccc(-c2[c-]cccc2)nc1.[Ir]. The number of aryl methyl sites for hydroxylation is 2. The van der Waals surface area contributed by atoms with Gasteiger partial charge in [-0.05, 0) is 82.6 Å². The molecule has 0 aliphatic carbocycles. The largest absolute Gasteiger partial charge is 0.500 e. The Bertz CT molecular complexity index is 2670. The number of aromatic nitrogens is 3. The maximum absolute atomic E-state index is 7.23. The van der Waals surface area contributed by atoms with Crippen LogP contribution in [-0.2, 0) is 20.1 Å². The van der Waals surface area contributed by atoms with Gasteiger partial charge in [0.05, 0.1) is 5.58 Å². The molecule has 0 saturated heterocycles. The van der Waals surface area contributed by atoms with Crippen molar-refractivity contribution in [1.82, 2.24) is 15.0 Å². The number of fused-ring (bicyclic) bond motifs is 4. The number of nitrogens with zero attached hydrogens (tertiary/aromatic N) is 3. The minimum Gasteiger partial charge on any atom is -0.500 e. The zero-order chi connectivity index (χ0) is 35.7. The Kier molecular flexibility index (Phi) is 8.41. The number of furan rings is 1. The van der Waals surface area contributed by atoms with Crippen molar-refractivity contribution < 1.29 is 28.6 Å². The first-order valence-corrected chi connectivity index (χ1v) is 16.0. The molecule has 0 aliphatic rings. The molecule has 5 heteroatoms. The first-order chi connectivity index (χ1) is 25.3. The Morgan fingerprint density at radius 2 is 1.50 bits per heavy atom. The van der Waals surface area contributed by atoms with Crippen LogP contribution < -0.4 is 0 Å². The third-order valence-corrected chi connectivity index (χ3v) is 8.52. The molecule has 0 amide bonds. The third-order valence-electron chi connectivity index (χ3n) is 8.52. The van der Waals surface area contributed by atoms with E-state index >= 15 is 0 Å². The van der Waals surface area contributed by atoms with Gasteiger partial charge >= 0.3 is 0 Å². The molecule has 0 saturated carbocycles. The van der Waals surface area contributed by atoms with Gasteiger partial charge in [0.1, 0.15) is 5.58 Å². The van der Waals surface area contributed by atoms with Crippen LogP contribution in [0.3, 0.4) is 0 Å². The third kappa shape index (κ3) is 6.49. The summed E-state index contributed by atoms with van der Waals surface area (Å²) in [4.78, 5) is 13.2. The second kappa shape index (κ2) is 14.4. The molecule has 0 atom stereocenters. The van der Waals surface area contributed by atoms with Gasteiger partial charge in [-0.15, -0.1) is 54.1 Å². The van der Waals surface area contributed by atoms with Crippen LogP contribution in [0.2, 0.25) is 0 Å². The van der Waals surface area contributed by atoms with Crippen molar-refractivity contribution in [3.63, 3.8) is 0 Å². The van der Waals surface area contributed by atoms with E-state index in [0.717, 1.165) is 77.5 Å². The molecule has 4 nitrogen and oxygen atoms in total. The number of benzene rings is 5. The molecule has 9 rings (SSSR count). The standard InChI is InChI=1S/C33H21N2O.C12H10N.Ir/c1-21-17-28(25-10-5-9-23-13-15-34-20-30(23)25)33-29(18-21)26-11-6-12-27(32(26)36-33)31-19-24(14-16-35-31)22-7-3-2-4-8-22;1-10-7-8-12(13-9-10)11-5-3-2-4-6-11;/h2-11,13-20H,1H3;2-5,7-9H,1H3;/q2*-1;/i;1D3;. The number of hydrogen-bond acceptors (Lipinski definition) is 4. The molecular formula is C45H31IrN3O-2. The Morgan fingerprint density at radius 3 is 2.32 bits per heavy atom. The van der Waals surface area contributed by atoms with Crippen LogP contribution in [0.1, 0.15) is 15.2 Å². The molecule has 0 N–H and O–H groups in total. The summed E-state index contributed by atoms with van der Waals surface area (Å²) in [5.41, 5.74) is 10.8. The Balaban J connectivity index is 0.000000216. The number of rotatable bonds is 4. The van der Waals surface area contributed by atoms with Gasteiger partial charge in [0, 0.05) is 65.3 Å². The van der Waals surface area contributed by atoms with Gasteiger partial charge in [-0.2, -0.15) is 0 Å². The second-order valence-corrected chi connectivity index (χ2v) is 11.8. The predicted octanol–water partition coefficient (Wildman–Crippen LogP) is 11.5. The molecule has 4 heterocycles. The molecule has 0 bridgehead atoms. The summed E-state index contributed by atoms with van der Waals surface area (Å²) in [5.74, 6) is 0. The normalized spacial score (nSPS) is 12.0. The average molecular weight is 825 g/mol. The van der Waals surface area contributed by atoms with E-state index in [2.05, 4.69) is 83.6 Å². The van der Waals surface area contributed by atoms with Crippen molar-refractivity contribution in [2.24, 2.45) is 0 Å². The summed E-state index contributed by atoms with van der Waals surface area (Å²) in [6.07, 6.45) is 7.01. The number of pyridine rings is 3. The molecule has 5 aromatic carbocycles. The van der Waals surface area contributed by atoms with Gasteiger partial charge < -0.3 is 14.4 Å². The summed E-state index contributed by atoms with van der Waals surface area (Å²) in [5, 5.41) is 4.42. The molecule has 0 fully saturated rings. The van der Waals surface area contributed by atoms with Crippen LogP contribution in [0.25, 0.3) is 77.5 Å². The maximum atomic E-state index is 7.23. The minimum absolute atomic E-state index is 0. The van der Waals surface area contributed by atoms with Crippen LogP contribution in [0.15, 0.2) is 157 Å². The first-order valence-electron chi connectivity index (χ1n) is 17.5. The van der Waals surface area contributed by atoms with Crippen molar-refractivity contribution in [2.45, 2.75) is 13.8 Å². The smallest absolute Gasteiger partial charge is 0.128 e. The van der Waals surface area contributed by atoms with Gasteiger partial charge in [-0.3, -0.25) is 4.98 Å². The first kappa shape index (κ1) is 29.2. The maximum Gasteiger partial charge on any atom is 0.128 e. The van der Waals surface area contributed by atoms with Gasteiger partial charge in [0.25, 0.3) is 0 Å². The molecule has 4 aromatic heterocycles. The van der Waals surface area contributed by atoms with E-state index in [-0.39, 0.29) is 25.7 Å². The van der Waals surface area contributed by atoms with E-state index in [1.165, 1.54) is 11.8 Å².